The highest BCUT2D eigenvalue weighted by molar-refractivity contribution is 5.89. The van der Waals surface area contributed by atoms with Crippen LogP contribution >= 0.6 is 0 Å². The van der Waals surface area contributed by atoms with E-state index in [1.807, 2.05) is 0 Å². The van der Waals surface area contributed by atoms with E-state index in [2.05, 4.69) is 15.2 Å². The number of hydrogen-bond acceptors (Lipinski definition) is 5. The van der Waals surface area contributed by atoms with Gasteiger partial charge in [0.2, 0.25) is 0 Å². The largest absolute Gasteiger partial charge is 0.488 e. The van der Waals surface area contributed by atoms with Crippen LogP contribution in [0.4, 0.5) is 0 Å². The second-order valence-corrected chi connectivity index (χ2v) is 4.91. The molecule has 21 heavy (non-hydrogen) atoms. The highest BCUT2D eigenvalue weighted by Gasteiger charge is 2.22. The van der Waals surface area contributed by atoms with E-state index in [-0.39, 0.29) is 12.6 Å². The zero-order chi connectivity index (χ0) is 14.5. The number of H-pyrrole nitrogens is 1. The van der Waals surface area contributed by atoms with E-state index < -0.39 is 0 Å². The summed E-state index contributed by atoms with van der Waals surface area (Å²) in [5.74, 6) is 0.273. The molecule has 2 aromatic rings. The van der Waals surface area contributed by atoms with Crippen LogP contribution in [0.5, 0.6) is 5.75 Å². The number of aromatic amines is 1. The second kappa shape index (κ2) is 6.39. The Morgan fingerprint density at radius 3 is 3.05 bits per heavy atom. The summed E-state index contributed by atoms with van der Waals surface area (Å²) in [6.45, 7) is 0.486. The van der Waals surface area contributed by atoms with Crippen molar-refractivity contribution in [2.45, 2.75) is 25.7 Å². The molecule has 0 saturated carbocycles. The van der Waals surface area contributed by atoms with Crippen molar-refractivity contribution in [2.24, 2.45) is 0 Å². The van der Waals surface area contributed by atoms with Gasteiger partial charge in [0, 0.05) is 17.5 Å². The maximum atomic E-state index is 12.0. The van der Waals surface area contributed by atoms with E-state index in [0.29, 0.717) is 18.1 Å². The van der Waals surface area contributed by atoms with Crippen molar-refractivity contribution in [3.63, 3.8) is 0 Å². The average Bonchev–Trinajstić information content (AvgIpc) is 2.96. The molecule has 1 aliphatic carbocycles. The van der Waals surface area contributed by atoms with E-state index in [1.54, 1.807) is 24.5 Å². The van der Waals surface area contributed by atoms with Gasteiger partial charge in [0.05, 0.1) is 6.20 Å². The van der Waals surface area contributed by atoms with Gasteiger partial charge < -0.3 is 9.47 Å². The van der Waals surface area contributed by atoms with Gasteiger partial charge in [0.1, 0.15) is 19.0 Å². The number of ether oxygens (including phenoxy) is 2. The van der Waals surface area contributed by atoms with Crippen molar-refractivity contribution in [2.75, 3.05) is 13.2 Å². The third-order valence-electron chi connectivity index (χ3n) is 3.47. The first-order valence-corrected chi connectivity index (χ1v) is 7.10. The molecule has 110 valence electrons. The molecule has 0 aromatic carbocycles. The normalized spacial score (nSPS) is 13.5. The van der Waals surface area contributed by atoms with Crippen LogP contribution < -0.4 is 4.74 Å². The number of hydrogen-bond donors (Lipinski definition) is 1. The van der Waals surface area contributed by atoms with Crippen molar-refractivity contribution in [1.29, 1.82) is 0 Å². The number of esters is 1. The average molecular weight is 287 g/mol. The van der Waals surface area contributed by atoms with Crippen LogP contribution in [0.2, 0.25) is 0 Å². The number of nitrogens with zero attached hydrogens (tertiary/aromatic N) is 2. The van der Waals surface area contributed by atoms with E-state index in [9.17, 15) is 4.79 Å². The summed E-state index contributed by atoms with van der Waals surface area (Å²) in [5.41, 5.74) is 2.50. The summed E-state index contributed by atoms with van der Waals surface area (Å²) in [5, 5.41) is 7.02. The quantitative estimate of drug-likeness (QED) is 0.671. The number of aromatic nitrogens is 3. The summed E-state index contributed by atoms with van der Waals surface area (Å²) in [6.07, 6.45) is 7.38. The molecule has 6 nitrogen and oxygen atoms in total. The fourth-order valence-corrected chi connectivity index (χ4v) is 2.44. The standard InChI is InChI=1S/C15H17N3O3/c19-15(14-12-5-1-2-6-13(12)17-18-14)21-9-8-20-11-4-3-7-16-10-11/h3-4,7,10H,1-2,5-6,8-9H2,(H,17,18). The number of carbonyl (C=O) groups is 1. The zero-order valence-electron chi connectivity index (χ0n) is 11.7. The van der Waals surface area contributed by atoms with Crippen LogP contribution in [0, 0.1) is 0 Å². The topological polar surface area (TPSA) is 77.1 Å². The Morgan fingerprint density at radius 2 is 2.19 bits per heavy atom. The van der Waals surface area contributed by atoms with Crippen LogP contribution in [-0.4, -0.2) is 34.4 Å². The van der Waals surface area contributed by atoms with E-state index in [0.717, 1.165) is 36.9 Å². The summed E-state index contributed by atoms with van der Waals surface area (Å²) < 4.78 is 10.6. The lowest BCUT2D eigenvalue weighted by Gasteiger charge is -2.11. The summed E-state index contributed by atoms with van der Waals surface area (Å²) in [4.78, 5) is 16.0. The van der Waals surface area contributed by atoms with Crippen molar-refractivity contribution in [3.05, 3.63) is 41.5 Å². The van der Waals surface area contributed by atoms with Gasteiger partial charge in [0.25, 0.3) is 0 Å². The molecule has 0 bridgehead atoms. The summed E-state index contributed by atoms with van der Waals surface area (Å²) >= 11 is 0. The molecule has 2 aromatic heterocycles. The van der Waals surface area contributed by atoms with E-state index >= 15 is 0 Å². The zero-order valence-corrected chi connectivity index (χ0v) is 11.7. The van der Waals surface area contributed by atoms with Gasteiger partial charge in [-0.15, -0.1) is 0 Å². The van der Waals surface area contributed by atoms with Crippen molar-refractivity contribution in [3.8, 4) is 5.75 Å². The van der Waals surface area contributed by atoms with Crippen LogP contribution in [0.1, 0.15) is 34.6 Å². The summed E-state index contributed by atoms with van der Waals surface area (Å²) in [6, 6.07) is 3.59. The molecule has 0 spiro atoms. The molecular weight excluding hydrogens is 270 g/mol. The highest BCUT2D eigenvalue weighted by atomic mass is 16.6. The van der Waals surface area contributed by atoms with Crippen molar-refractivity contribution < 1.29 is 14.3 Å². The number of pyridine rings is 1. The van der Waals surface area contributed by atoms with E-state index in [4.69, 9.17) is 9.47 Å². The molecule has 0 unspecified atom stereocenters. The lowest BCUT2D eigenvalue weighted by molar-refractivity contribution is 0.0442. The van der Waals surface area contributed by atoms with E-state index in [1.165, 1.54) is 0 Å². The van der Waals surface area contributed by atoms with Crippen LogP contribution in [0.25, 0.3) is 0 Å². The maximum Gasteiger partial charge on any atom is 0.359 e. The van der Waals surface area contributed by atoms with Gasteiger partial charge in [-0.1, -0.05) is 0 Å². The Balaban J connectivity index is 1.49. The van der Waals surface area contributed by atoms with Crippen LogP contribution in [0.15, 0.2) is 24.5 Å². The molecule has 2 heterocycles. The fourth-order valence-electron chi connectivity index (χ4n) is 2.44. The molecule has 6 heteroatoms. The number of rotatable bonds is 5. The lowest BCUT2D eigenvalue weighted by atomic mass is 9.96. The Kier molecular flexibility index (Phi) is 4.14. The minimum Gasteiger partial charge on any atom is -0.488 e. The van der Waals surface area contributed by atoms with Crippen LogP contribution in [0.3, 0.4) is 0 Å². The smallest absolute Gasteiger partial charge is 0.359 e. The van der Waals surface area contributed by atoms with Gasteiger partial charge in [-0.05, 0) is 37.8 Å². The molecule has 0 atom stereocenters. The lowest BCUT2D eigenvalue weighted by Crippen LogP contribution is -2.15. The predicted molar refractivity (Wildman–Crippen MR) is 75.2 cm³/mol. The number of aryl methyl sites for hydroxylation is 1. The monoisotopic (exact) mass is 287 g/mol. The van der Waals surface area contributed by atoms with Gasteiger partial charge in [-0.3, -0.25) is 10.1 Å². The molecule has 1 N–H and O–H groups in total. The van der Waals surface area contributed by atoms with Gasteiger partial charge >= 0.3 is 5.97 Å². The Bertz CT molecular complexity index is 610. The Labute approximate surface area is 122 Å². The minimum absolute atomic E-state index is 0.190. The molecule has 3 rings (SSSR count). The SMILES string of the molecule is O=C(OCCOc1cccnc1)c1n[nH]c2c1CCCC2. The first-order chi connectivity index (χ1) is 10.3. The first-order valence-electron chi connectivity index (χ1n) is 7.10. The molecule has 0 fully saturated rings. The van der Waals surface area contributed by atoms with Gasteiger partial charge in [-0.25, -0.2) is 4.79 Å². The Hall–Kier alpha value is -2.37. The molecule has 0 saturated heterocycles. The third kappa shape index (κ3) is 3.21. The second-order valence-electron chi connectivity index (χ2n) is 4.91. The van der Waals surface area contributed by atoms with Gasteiger partial charge in [0.15, 0.2) is 5.69 Å². The number of fused-ring (bicyclic) bond motifs is 1. The van der Waals surface area contributed by atoms with Crippen molar-refractivity contribution in [1.82, 2.24) is 15.2 Å². The minimum atomic E-state index is -0.385. The predicted octanol–water partition coefficient (Wildman–Crippen LogP) is 1.92. The number of carbonyl (C=O) groups excluding carboxylic acids is 1. The third-order valence-corrected chi connectivity index (χ3v) is 3.47. The van der Waals surface area contributed by atoms with Crippen molar-refractivity contribution >= 4 is 5.97 Å². The molecule has 0 radical (unpaired) electrons. The molecular formula is C15H17N3O3. The highest BCUT2D eigenvalue weighted by Crippen LogP contribution is 2.22. The molecule has 1 aliphatic rings. The molecule has 0 amide bonds. The first kappa shape index (κ1) is 13.6. The maximum absolute atomic E-state index is 12.0. The summed E-state index contributed by atoms with van der Waals surface area (Å²) in [7, 11) is 0. The Morgan fingerprint density at radius 1 is 1.29 bits per heavy atom. The number of nitrogens with one attached hydrogen (secondary N) is 1. The van der Waals surface area contributed by atoms with Crippen LogP contribution in [-0.2, 0) is 17.6 Å². The van der Waals surface area contributed by atoms with Gasteiger partial charge in [-0.2, -0.15) is 5.10 Å². The molecule has 0 aliphatic heterocycles. The fraction of sp³-hybridized carbons (Fsp3) is 0.400.